The fraction of sp³-hybridized carbons (Fsp3) is 0.353. The van der Waals surface area contributed by atoms with Gasteiger partial charge in [0.05, 0.1) is 25.4 Å². The molecule has 0 atom stereocenters. The molecule has 0 aliphatic heterocycles. The van der Waals surface area contributed by atoms with Crippen LogP contribution in [0, 0.1) is 0 Å². The molecule has 0 amide bonds. The first kappa shape index (κ1) is 15.5. The van der Waals surface area contributed by atoms with Gasteiger partial charge in [-0.05, 0) is 18.4 Å². The predicted molar refractivity (Wildman–Crippen MR) is 82.1 cm³/mol. The van der Waals surface area contributed by atoms with E-state index in [0.717, 1.165) is 10.8 Å². The summed E-state index contributed by atoms with van der Waals surface area (Å²) < 4.78 is 16.1. The first-order valence-electron chi connectivity index (χ1n) is 6.96. The molecule has 0 bridgehead atoms. The van der Waals surface area contributed by atoms with Gasteiger partial charge >= 0.3 is 0 Å². The van der Waals surface area contributed by atoms with Crippen molar-refractivity contribution < 1.29 is 19.0 Å². The van der Waals surface area contributed by atoms with Crippen molar-refractivity contribution in [3.63, 3.8) is 0 Å². The number of rotatable bonds is 8. The van der Waals surface area contributed by atoms with E-state index in [2.05, 4.69) is 0 Å². The van der Waals surface area contributed by atoms with Crippen molar-refractivity contribution in [2.24, 2.45) is 0 Å². The molecule has 0 heterocycles. The van der Waals surface area contributed by atoms with Crippen molar-refractivity contribution in [2.45, 2.75) is 6.92 Å². The number of ketones is 1. The van der Waals surface area contributed by atoms with Gasteiger partial charge in [0.2, 0.25) is 0 Å². The summed E-state index contributed by atoms with van der Waals surface area (Å²) in [4.78, 5) is 11.8. The second kappa shape index (κ2) is 7.76. The van der Waals surface area contributed by atoms with Crippen molar-refractivity contribution in [1.82, 2.24) is 0 Å². The van der Waals surface area contributed by atoms with E-state index >= 15 is 0 Å². The highest BCUT2D eigenvalue weighted by Gasteiger charge is 2.12. The molecule has 2 aromatic rings. The van der Waals surface area contributed by atoms with E-state index in [0.29, 0.717) is 37.7 Å². The van der Waals surface area contributed by atoms with Crippen molar-refractivity contribution in [3.8, 4) is 5.75 Å². The molecule has 21 heavy (non-hydrogen) atoms. The molecule has 0 N–H and O–H groups in total. The number of ether oxygens (including phenoxy) is 3. The summed E-state index contributed by atoms with van der Waals surface area (Å²) >= 11 is 0. The molecule has 112 valence electrons. The fourth-order valence-electron chi connectivity index (χ4n) is 2.12. The lowest BCUT2D eigenvalue weighted by atomic mass is 10.0. The van der Waals surface area contributed by atoms with Gasteiger partial charge in [-0.15, -0.1) is 0 Å². The molecular weight excluding hydrogens is 268 g/mol. The Morgan fingerprint density at radius 2 is 1.76 bits per heavy atom. The van der Waals surface area contributed by atoms with Crippen molar-refractivity contribution in [2.75, 3.05) is 33.5 Å². The lowest BCUT2D eigenvalue weighted by Gasteiger charge is -2.13. The number of hydrogen-bond acceptors (Lipinski definition) is 4. The van der Waals surface area contributed by atoms with Gasteiger partial charge in [-0.3, -0.25) is 4.79 Å². The van der Waals surface area contributed by atoms with E-state index in [9.17, 15) is 4.79 Å². The van der Waals surface area contributed by atoms with Crippen LogP contribution in [0.1, 0.15) is 17.3 Å². The smallest absolute Gasteiger partial charge is 0.163 e. The summed E-state index contributed by atoms with van der Waals surface area (Å²) in [7, 11) is 1.63. The van der Waals surface area contributed by atoms with Gasteiger partial charge in [-0.25, -0.2) is 0 Å². The maximum atomic E-state index is 11.8. The number of carbonyl (C=O) groups is 1. The van der Waals surface area contributed by atoms with Crippen molar-refractivity contribution in [3.05, 3.63) is 42.0 Å². The first-order chi connectivity index (χ1) is 10.2. The topological polar surface area (TPSA) is 44.8 Å². The molecule has 0 spiro atoms. The van der Waals surface area contributed by atoms with Gasteiger partial charge in [0.1, 0.15) is 12.4 Å². The molecular formula is C17H20O4. The van der Waals surface area contributed by atoms with Gasteiger partial charge in [-0.2, -0.15) is 0 Å². The number of Topliss-reactive ketones (excluding diaryl/α,β-unsaturated/α-hetero) is 1. The molecule has 2 rings (SSSR count). The summed E-state index contributed by atoms with van der Waals surface area (Å²) in [6, 6.07) is 11.6. The molecule has 0 fully saturated rings. The maximum Gasteiger partial charge on any atom is 0.163 e. The van der Waals surface area contributed by atoms with E-state index < -0.39 is 0 Å². The highest BCUT2D eigenvalue weighted by Crippen LogP contribution is 2.30. The van der Waals surface area contributed by atoms with E-state index in [-0.39, 0.29) is 5.78 Å². The van der Waals surface area contributed by atoms with Crippen LogP contribution in [0.5, 0.6) is 5.75 Å². The minimum Gasteiger partial charge on any atom is -0.490 e. The number of methoxy groups -OCH3 is 1. The number of benzene rings is 2. The summed E-state index contributed by atoms with van der Waals surface area (Å²) in [6.45, 7) is 3.51. The zero-order valence-corrected chi connectivity index (χ0v) is 12.4. The van der Waals surface area contributed by atoms with Crippen LogP contribution in [0.4, 0.5) is 0 Å². The second-order valence-corrected chi connectivity index (χ2v) is 4.67. The molecule has 4 heteroatoms. The maximum absolute atomic E-state index is 11.8. The standard InChI is InChI=1S/C17H20O4/c1-13(18)15-8-7-14-5-3-4-6-16(14)17(15)21-12-11-20-10-9-19-2/h3-8H,9-12H2,1-2H3. The van der Waals surface area contributed by atoms with Crippen LogP contribution in [0.2, 0.25) is 0 Å². The van der Waals surface area contributed by atoms with Gasteiger partial charge in [0, 0.05) is 12.5 Å². The van der Waals surface area contributed by atoms with Crippen LogP contribution >= 0.6 is 0 Å². The highest BCUT2D eigenvalue weighted by molar-refractivity contribution is 6.03. The molecule has 0 saturated heterocycles. The average molecular weight is 288 g/mol. The lowest BCUT2D eigenvalue weighted by molar-refractivity contribution is 0.0544. The Bertz CT molecular complexity index is 607. The molecule has 0 aromatic heterocycles. The zero-order chi connectivity index (χ0) is 15.1. The Labute approximate surface area is 124 Å². The number of fused-ring (bicyclic) bond motifs is 1. The van der Waals surface area contributed by atoms with Crippen LogP contribution in [0.3, 0.4) is 0 Å². The predicted octanol–water partition coefficient (Wildman–Crippen LogP) is 3.08. The minimum atomic E-state index is -0.00365. The Balaban J connectivity index is 2.12. The first-order valence-corrected chi connectivity index (χ1v) is 6.96. The number of hydrogen-bond donors (Lipinski definition) is 0. The molecule has 4 nitrogen and oxygen atoms in total. The van der Waals surface area contributed by atoms with Gasteiger partial charge in [0.15, 0.2) is 5.78 Å². The Morgan fingerprint density at radius 1 is 1.00 bits per heavy atom. The third-order valence-corrected chi connectivity index (χ3v) is 3.16. The van der Waals surface area contributed by atoms with Gasteiger partial charge < -0.3 is 14.2 Å². The Morgan fingerprint density at radius 3 is 2.52 bits per heavy atom. The molecule has 0 aliphatic rings. The van der Waals surface area contributed by atoms with Crippen LogP contribution in [0.15, 0.2) is 36.4 Å². The van der Waals surface area contributed by atoms with Crippen LogP contribution in [0.25, 0.3) is 10.8 Å². The Hall–Kier alpha value is -1.91. The van der Waals surface area contributed by atoms with Gasteiger partial charge in [0.25, 0.3) is 0 Å². The molecule has 0 radical (unpaired) electrons. The van der Waals surface area contributed by atoms with Crippen LogP contribution < -0.4 is 4.74 Å². The molecule has 0 aliphatic carbocycles. The monoisotopic (exact) mass is 288 g/mol. The van der Waals surface area contributed by atoms with Crippen LogP contribution in [-0.2, 0) is 9.47 Å². The van der Waals surface area contributed by atoms with E-state index in [1.54, 1.807) is 14.0 Å². The Kier molecular flexibility index (Phi) is 5.72. The van der Waals surface area contributed by atoms with E-state index in [4.69, 9.17) is 14.2 Å². The highest BCUT2D eigenvalue weighted by atomic mass is 16.5. The summed E-state index contributed by atoms with van der Waals surface area (Å²) in [5.41, 5.74) is 0.602. The summed E-state index contributed by atoms with van der Waals surface area (Å²) in [5.74, 6) is 0.631. The van der Waals surface area contributed by atoms with Gasteiger partial charge in [-0.1, -0.05) is 30.3 Å². The quantitative estimate of drug-likeness (QED) is 0.553. The third kappa shape index (κ3) is 4.03. The minimum absolute atomic E-state index is 0.00365. The van der Waals surface area contributed by atoms with Crippen molar-refractivity contribution in [1.29, 1.82) is 0 Å². The summed E-state index contributed by atoms with van der Waals surface area (Å²) in [5, 5.41) is 2.00. The van der Waals surface area contributed by atoms with Crippen molar-refractivity contribution >= 4 is 16.6 Å². The third-order valence-electron chi connectivity index (χ3n) is 3.16. The normalized spacial score (nSPS) is 10.8. The number of carbonyl (C=O) groups excluding carboxylic acids is 1. The molecule has 0 unspecified atom stereocenters. The molecule has 2 aromatic carbocycles. The van der Waals surface area contributed by atoms with E-state index in [1.165, 1.54) is 0 Å². The van der Waals surface area contributed by atoms with E-state index in [1.807, 2.05) is 36.4 Å². The fourth-order valence-corrected chi connectivity index (χ4v) is 2.12. The average Bonchev–Trinajstić information content (AvgIpc) is 2.50. The van der Waals surface area contributed by atoms with Crippen LogP contribution in [-0.4, -0.2) is 39.3 Å². The lowest BCUT2D eigenvalue weighted by Crippen LogP contribution is -2.11. The zero-order valence-electron chi connectivity index (χ0n) is 12.4. The SMILES string of the molecule is COCCOCCOc1c(C(C)=O)ccc2ccccc12. The summed E-state index contributed by atoms with van der Waals surface area (Å²) in [6.07, 6.45) is 0. The molecule has 0 saturated carbocycles. The second-order valence-electron chi connectivity index (χ2n) is 4.67. The largest absolute Gasteiger partial charge is 0.490 e.